The molecule has 0 bridgehead atoms. The number of nitrogens with zero attached hydrogens (tertiary/aromatic N) is 1. The van der Waals surface area contributed by atoms with E-state index < -0.39 is 0 Å². The van der Waals surface area contributed by atoms with Crippen molar-refractivity contribution in [1.82, 2.24) is 10.5 Å². The van der Waals surface area contributed by atoms with E-state index in [2.05, 4.69) is 26.4 Å². The Morgan fingerprint density at radius 3 is 3.00 bits per heavy atom. The number of benzene rings is 1. The van der Waals surface area contributed by atoms with Gasteiger partial charge in [-0.2, -0.15) is 0 Å². The van der Waals surface area contributed by atoms with Crippen molar-refractivity contribution < 1.29 is 4.52 Å². The van der Waals surface area contributed by atoms with Crippen LogP contribution in [0.15, 0.2) is 39.3 Å². The van der Waals surface area contributed by atoms with Gasteiger partial charge in [-0.3, -0.25) is 0 Å². The molecule has 0 aliphatic rings. The van der Waals surface area contributed by atoms with Gasteiger partial charge in [0.1, 0.15) is 5.69 Å². The van der Waals surface area contributed by atoms with Gasteiger partial charge >= 0.3 is 0 Å². The Balaban J connectivity index is 2.29. The predicted molar refractivity (Wildman–Crippen MR) is 62.4 cm³/mol. The third-order valence-corrected chi connectivity index (χ3v) is 2.52. The van der Waals surface area contributed by atoms with Gasteiger partial charge in [-0.1, -0.05) is 33.2 Å². The lowest BCUT2D eigenvalue weighted by molar-refractivity contribution is 0.379. The van der Waals surface area contributed by atoms with E-state index in [0.717, 1.165) is 21.5 Å². The molecule has 1 N–H and O–H groups in total. The molecule has 1 heterocycles. The SMILES string of the molecule is CNCc1cc(-c2cccc(Br)c2)no1. The molecule has 2 rings (SSSR count). The smallest absolute Gasteiger partial charge is 0.151 e. The maximum atomic E-state index is 5.17. The van der Waals surface area contributed by atoms with Crippen LogP contribution < -0.4 is 5.32 Å². The summed E-state index contributed by atoms with van der Waals surface area (Å²) in [7, 11) is 1.88. The molecule has 1 aromatic carbocycles. The molecular formula is C11H11BrN2O. The third-order valence-electron chi connectivity index (χ3n) is 2.03. The molecular weight excluding hydrogens is 256 g/mol. The van der Waals surface area contributed by atoms with Crippen LogP contribution in [-0.4, -0.2) is 12.2 Å². The number of aromatic nitrogens is 1. The van der Waals surface area contributed by atoms with Gasteiger partial charge in [0.25, 0.3) is 0 Å². The van der Waals surface area contributed by atoms with Gasteiger partial charge in [-0.05, 0) is 19.2 Å². The lowest BCUT2D eigenvalue weighted by Gasteiger charge is -1.94. The molecule has 0 aliphatic carbocycles. The minimum Gasteiger partial charge on any atom is -0.359 e. The maximum Gasteiger partial charge on any atom is 0.151 e. The number of hydrogen-bond acceptors (Lipinski definition) is 3. The lowest BCUT2D eigenvalue weighted by atomic mass is 10.1. The second-order valence-electron chi connectivity index (χ2n) is 3.22. The standard InChI is InChI=1S/C11H11BrN2O/c1-13-7-10-6-11(14-15-10)8-3-2-4-9(12)5-8/h2-6,13H,7H2,1H3. The largest absolute Gasteiger partial charge is 0.359 e. The van der Waals surface area contributed by atoms with Gasteiger partial charge in [0, 0.05) is 16.1 Å². The van der Waals surface area contributed by atoms with E-state index in [-0.39, 0.29) is 0 Å². The molecule has 4 heteroatoms. The van der Waals surface area contributed by atoms with Crippen molar-refractivity contribution >= 4 is 15.9 Å². The van der Waals surface area contributed by atoms with Crippen LogP contribution in [0.3, 0.4) is 0 Å². The monoisotopic (exact) mass is 266 g/mol. The molecule has 3 nitrogen and oxygen atoms in total. The molecule has 0 saturated heterocycles. The summed E-state index contributed by atoms with van der Waals surface area (Å²) in [5.74, 6) is 0.840. The fourth-order valence-corrected chi connectivity index (χ4v) is 1.75. The van der Waals surface area contributed by atoms with Crippen LogP contribution in [0, 0.1) is 0 Å². The Morgan fingerprint density at radius 1 is 1.40 bits per heavy atom. The number of rotatable bonds is 3. The predicted octanol–water partition coefficient (Wildman–Crippen LogP) is 2.82. The molecule has 0 unspecified atom stereocenters. The highest BCUT2D eigenvalue weighted by molar-refractivity contribution is 9.10. The van der Waals surface area contributed by atoms with Crippen LogP contribution >= 0.6 is 15.9 Å². The van der Waals surface area contributed by atoms with Gasteiger partial charge in [-0.15, -0.1) is 0 Å². The molecule has 0 fully saturated rings. The summed E-state index contributed by atoms with van der Waals surface area (Å²) >= 11 is 3.43. The summed E-state index contributed by atoms with van der Waals surface area (Å²) in [6.45, 7) is 0.695. The summed E-state index contributed by atoms with van der Waals surface area (Å²) < 4.78 is 6.21. The zero-order valence-electron chi connectivity index (χ0n) is 8.33. The summed E-state index contributed by atoms with van der Waals surface area (Å²) in [6.07, 6.45) is 0. The first kappa shape index (κ1) is 10.4. The van der Waals surface area contributed by atoms with Crippen molar-refractivity contribution in [2.75, 3.05) is 7.05 Å². The minimum atomic E-state index is 0.695. The normalized spacial score (nSPS) is 10.5. The molecule has 0 atom stereocenters. The van der Waals surface area contributed by atoms with Crippen LogP contribution in [-0.2, 0) is 6.54 Å². The van der Waals surface area contributed by atoms with Gasteiger partial charge in [-0.25, -0.2) is 0 Å². The number of halogens is 1. The van der Waals surface area contributed by atoms with E-state index >= 15 is 0 Å². The van der Waals surface area contributed by atoms with E-state index in [0.29, 0.717) is 6.54 Å². The van der Waals surface area contributed by atoms with Crippen molar-refractivity contribution in [3.05, 3.63) is 40.6 Å². The van der Waals surface area contributed by atoms with E-state index in [1.807, 2.05) is 37.4 Å². The van der Waals surface area contributed by atoms with E-state index in [9.17, 15) is 0 Å². The van der Waals surface area contributed by atoms with Crippen LogP contribution in [0.25, 0.3) is 11.3 Å². The lowest BCUT2D eigenvalue weighted by Crippen LogP contribution is -2.03. The topological polar surface area (TPSA) is 38.1 Å². The van der Waals surface area contributed by atoms with Gasteiger partial charge in [0.15, 0.2) is 5.76 Å². The van der Waals surface area contributed by atoms with Crippen LogP contribution in [0.4, 0.5) is 0 Å². The summed E-state index contributed by atoms with van der Waals surface area (Å²) in [5.41, 5.74) is 1.91. The number of nitrogens with one attached hydrogen (secondary N) is 1. The molecule has 15 heavy (non-hydrogen) atoms. The fraction of sp³-hybridized carbons (Fsp3) is 0.182. The molecule has 1 aromatic heterocycles. The van der Waals surface area contributed by atoms with Crippen molar-refractivity contribution in [3.8, 4) is 11.3 Å². The van der Waals surface area contributed by atoms with Crippen molar-refractivity contribution in [2.24, 2.45) is 0 Å². The van der Waals surface area contributed by atoms with Gasteiger partial charge in [0.2, 0.25) is 0 Å². The quantitative estimate of drug-likeness (QED) is 0.929. The highest BCUT2D eigenvalue weighted by Crippen LogP contribution is 2.22. The van der Waals surface area contributed by atoms with E-state index in [1.165, 1.54) is 0 Å². The highest BCUT2D eigenvalue weighted by Gasteiger charge is 2.05. The second-order valence-corrected chi connectivity index (χ2v) is 4.13. The Labute approximate surface area is 96.6 Å². The van der Waals surface area contributed by atoms with Crippen molar-refractivity contribution in [1.29, 1.82) is 0 Å². The summed E-state index contributed by atoms with van der Waals surface area (Å²) in [5, 5.41) is 7.03. The maximum absolute atomic E-state index is 5.17. The Hall–Kier alpha value is -1.13. The zero-order valence-corrected chi connectivity index (χ0v) is 9.91. The Bertz CT molecular complexity index is 453. The molecule has 0 radical (unpaired) electrons. The molecule has 0 saturated carbocycles. The molecule has 0 amide bonds. The molecule has 78 valence electrons. The Morgan fingerprint density at radius 2 is 2.27 bits per heavy atom. The van der Waals surface area contributed by atoms with Gasteiger partial charge in [0.05, 0.1) is 6.54 Å². The average Bonchev–Trinajstić information content (AvgIpc) is 2.67. The molecule has 0 aliphatic heterocycles. The first-order valence-corrected chi connectivity index (χ1v) is 5.45. The summed E-state index contributed by atoms with van der Waals surface area (Å²) in [4.78, 5) is 0. The third kappa shape index (κ3) is 2.46. The van der Waals surface area contributed by atoms with Gasteiger partial charge < -0.3 is 9.84 Å². The van der Waals surface area contributed by atoms with Crippen molar-refractivity contribution in [3.63, 3.8) is 0 Å². The van der Waals surface area contributed by atoms with E-state index in [1.54, 1.807) is 0 Å². The van der Waals surface area contributed by atoms with Crippen LogP contribution in [0.1, 0.15) is 5.76 Å². The Kier molecular flexibility index (Phi) is 3.18. The number of hydrogen-bond donors (Lipinski definition) is 1. The van der Waals surface area contributed by atoms with Crippen LogP contribution in [0.5, 0.6) is 0 Å². The average molecular weight is 267 g/mol. The first-order valence-electron chi connectivity index (χ1n) is 4.66. The molecule has 0 spiro atoms. The highest BCUT2D eigenvalue weighted by atomic mass is 79.9. The zero-order chi connectivity index (χ0) is 10.7. The van der Waals surface area contributed by atoms with E-state index in [4.69, 9.17) is 4.52 Å². The molecule has 2 aromatic rings. The first-order chi connectivity index (χ1) is 7.29. The van der Waals surface area contributed by atoms with Crippen molar-refractivity contribution in [2.45, 2.75) is 6.54 Å². The van der Waals surface area contributed by atoms with Crippen LogP contribution in [0.2, 0.25) is 0 Å². The summed E-state index contributed by atoms with van der Waals surface area (Å²) in [6, 6.07) is 9.93. The second kappa shape index (κ2) is 4.59. The minimum absolute atomic E-state index is 0.695. The fourth-order valence-electron chi connectivity index (χ4n) is 1.35.